The van der Waals surface area contributed by atoms with E-state index in [1.807, 2.05) is 18.3 Å². The Labute approximate surface area is 111 Å². The van der Waals surface area contributed by atoms with Crippen LogP contribution in [0.15, 0.2) is 48.7 Å². The highest BCUT2D eigenvalue weighted by Gasteiger charge is 2.11. The summed E-state index contributed by atoms with van der Waals surface area (Å²) < 4.78 is 1.30. The smallest absolute Gasteiger partial charge is 0.124 e. The van der Waals surface area contributed by atoms with Crippen molar-refractivity contribution in [2.24, 2.45) is 0 Å². The van der Waals surface area contributed by atoms with Crippen molar-refractivity contribution in [1.29, 1.82) is 0 Å². The van der Waals surface area contributed by atoms with Gasteiger partial charge in [-0.25, -0.2) is 4.98 Å². The van der Waals surface area contributed by atoms with Crippen LogP contribution in [0.1, 0.15) is 0 Å². The van der Waals surface area contributed by atoms with Crippen LogP contribution in [0.4, 0.5) is 0 Å². The summed E-state index contributed by atoms with van der Waals surface area (Å²) in [6.45, 7) is 0. The lowest BCUT2D eigenvalue weighted by Crippen LogP contribution is -1.74. The van der Waals surface area contributed by atoms with Crippen molar-refractivity contribution in [1.82, 2.24) is 4.98 Å². The van der Waals surface area contributed by atoms with E-state index in [-0.39, 0.29) is 0 Å². The fourth-order valence-corrected chi connectivity index (χ4v) is 3.98. The molecule has 1 aromatic carbocycles. The number of pyridine rings is 1. The molecule has 2 aromatic heterocycles. The lowest BCUT2D eigenvalue weighted by Gasteiger charge is -1.96. The molecule has 0 unspecified atom stereocenters. The molecule has 0 radical (unpaired) electrons. The van der Waals surface area contributed by atoms with E-state index in [0.29, 0.717) is 0 Å². The number of benzene rings is 1. The number of fused-ring (bicyclic) bond motifs is 1. The summed E-state index contributed by atoms with van der Waals surface area (Å²) in [5.74, 6) is 0. The molecule has 0 saturated carbocycles. The third kappa shape index (κ3) is 1.64. The van der Waals surface area contributed by atoms with Crippen LogP contribution in [0.2, 0.25) is 0 Å². The first kappa shape index (κ1) is 10.2. The summed E-state index contributed by atoms with van der Waals surface area (Å²) in [5, 5.41) is 1.26. The summed E-state index contributed by atoms with van der Waals surface area (Å²) in [4.78, 5) is 6.83. The Morgan fingerprint density at radius 2 is 1.81 bits per heavy atom. The third-order valence-electron chi connectivity index (χ3n) is 2.44. The number of hydrogen-bond acceptors (Lipinski definition) is 2. The van der Waals surface area contributed by atoms with E-state index in [0.717, 1.165) is 4.83 Å². The molecule has 1 nitrogen and oxygen atoms in total. The van der Waals surface area contributed by atoms with Gasteiger partial charge in [0.2, 0.25) is 0 Å². The van der Waals surface area contributed by atoms with Crippen LogP contribution in [0.5, 0.6) is 0 Å². The van der Waals surface area contributed by atoms with E-state index in [9.17, 15) is 0 Å². The minimum absolute atomic E-state index is 1.12. The quantitative estimate of drug-likeness (QED) is 0.593. The first-order valence-corrected chi connectivity index (χ1v) is 6.84. The summed E-state index contributed by atoms with van der Waals surface area (Å²) >= 11 is 4.17. The lowest BCUT2D eigenvalue weighted by molar-refractivity contribution is 1.44. The van der Waals surface area contributed by atoms with Gasteiger partial charge in [0, 0.05) is 15.2 Å². The van der Waals surface area contributed by atoms with Gasteiger partial charge < -0.3 is 0 Å². The Kier molecular flexibility index (Phi) is 2.65. The zero-order chi connectivity index (χ0) is 11.0. The Balaban J connectivity index is 2.29. The molecule has 0 saturated heterocycles. The lowest BCUT2D eigenvalue weighted by atomic mass is 10.2. The molecule has 16 heavy (non-hydrogen) atoms. The predicted octanol–water partition coefficient (Wildman–Crippen LogP) is 4.57. The van der Waals surface area contributed by atoms with Gasteiger partial charge in [0.05, 0.1) is 4.88 Å². The first-order chi connectivity index (χ1) is 7.86. The number of rotatable bonds is 1. The molecule has 0 aliphatic carbocycles. The van der Waals surface area contributed by atoms with Crippen molar-refractivity contribution in [3.05, 3.63) is 52.2 Å². The third-order valence-corrected chi connectivity index (χ3v) is 5.09. The minimum atomic E-state index is 1.12. The highest BCUT2D eigenvalue weighted by atomic mass is 127. The number of halogens is 1. The summed E-state index contributed by atoms with van der Waals surface area (Å²) in [7, 11) is 0. The van der Waals surface area contributed by atoms with E-state index in [4.69, 9.17) is 0 Å². The summed E-state index contributed by atoms with van der Waals surface area (Å²) in [6, 6.07) is 14.6. The van der Waals surface area contributed by atoms with Crippen LogP contribution in [0.25, 0.3) is 20.7 Å². The Morgan fingerprint density at radius 1 is 1.00 bits per heavy atom. The maximum Gasteiger partial charge on any atom is 0.124 e. The SMILES string of the molecule is Ic1c(-c2ccccc2)sc2ncccc12. The van der Waals surface area contributed by atoms with Crippen molar-refractivity contribution in [3.63, 3.8) is 0 Å². The summed E-state index contributed by atoms with van der Waals surface area (Å²) in [5.41, 5.74) is 1.27. The fourth-order valence-electron chi connectivity index (χ4n) is 1.68. The van der Waals surface area contributed by atoms with Crippen LogP contribution in [-0.4, -0.2) is 4.98 Å². The molecule has 0 aliphatic rings. The molecule has 0 bridgehead atoms. The van der Waals surface area contributed by atoms with Crippen LogP contribution in [0.3, 0.4) is 0 Å². The van der Waals surface area contributed by atoms with E-state index in [1.54, 1.807) is 11.3 Å². The first-order valence-electron chi connectivity index (χ1n) is 4.95. The highest BCUT2D eigenvalue weighted by molar-refractivity contribution is 14.1. The van der Waals surface area contributed by atoms with E-state index >= 15 is 0 Å². The van der Waals surface area contributed by atoms with Gasteiger partial charge in [-0.15, -0.1) is 11.3 Å². The van der Waals surface area contributed by atoms with E-state index in [1.165, 1.54) is 19.4 Å². The van der Waals surface area contributed by atoms with Gasteiger partial charge in [-0.05, 0) is 40.3 Å². The van der Waals surface area contributed by atoms with Gasteiger partial charge in [-0.2, -0.15) is 0 Å². The molecule has 2 heterocycles. The predicted molar refractivity (Wildman–Crippen MR) is 77.8 cm³/mol. The average molecular weight is 337 g/mol. The molecule has 78 valence electrons. The minimum Gasteiger partial charge on any atom is -0.245 e. The number of thiophene rings is 1. The topological polar surface area (TPSA) is 12.9 Å². The van der Waals surface area contributed by atoms with E-state index < -0.39 is 0 Å². The van der Waals surface area contributed by atoms with Crippen molar-refractivity contribution in [2.75, 3.05) is 0 Å². The largest absolute Gasteiger partial charge is 0.245 e. The Bertz CT molecular complexity index is 631. The fraction of sp³-hybridized carbons (Fsp3) is 0. The van der Waals surface area contributed by atoms with Crippen molar-refractivity contribution < 1.29 is 0 Å². The molecule has 0 amide bonds. The van der Waals surface area contributed by atoms with Gasteiger partial charge in [-0.3, -0.25) is 0 Å². The Hall–Kier alpha value is -0.940. The molecule has 0 fully saturated rings. The monoisotopic (exact) mass is 337 g/mol. The molecule has 3 aromatic rings. The second-order valence-electron chi connectivity index (χ2n) is 3.47. The maximum atomic E-state index is 4.40. The second kappa shape index (κ2) is 4.14. The molecule has 0 aliphatic heterocycles. The number of nitrogens with zero attached hydrogens (tertiary/aromatic N) is 1. The van der Waals surface area contributed by atoms with Crippen LogP contribution >= 0.6 is 33.9 Å². The van der Waals surface area contributed by atoms with Crippen molar-refractivity contribution in [2.45, 2.75) is 0 Å². The zero-order valence-electron chi connectivity index (χ0n) is 8.35. The molecular weight excluding hydrogens is 329 g/mol. The van der Waals surface area contributed by atoms with Gasteiger partial charge in [0.15, 0.2) is 0 Å². The normalized spacial score (nSPS) is 10.8. The van der Waals surface area contributed by atoms with Gasteiger partial charge in [-0.1, -0.05) is 30.3 Å². The molecule has 3 rings (SSSR count). The highest BCUT2D eigenvalue weighted by Crippen LogP contribution is 2.37. The van der Waals surface area contributed by atoms with E-state index in [2.05, 4.69) is 57.9 Å². The molecule has 0 spiro atoms. The van der Waals surface area contributed by atoms with Gasteiger partial charge >= 0.3 is 0 Å². The van der Waals surface area contributed by atoms with Crippen LogP contribution in [-0.2, 0) is 0 Å². The molecule has 0 atom stereocenters. The van der Waals surface area contributed by atoms with Crippen molar-refractivity contribution >= 4 is 44.1 Å². The standard InChI is InChI=1S/C13H8INS/c14-11-10-7-4-8-15-13(10)16-12(11)9-5-2-1-3-6-9/h1-8H. The van der Waals surface area contributed by atoms with Gasteiger partial charge in [0.1, 0.15) is 4.83 Å². The van der Waals surface area contributed by atoms with Crippen LogP contribution < -0.4 is 0 Å². The maximum absolute atomic E-state index is 4.40. The second-order valence-corrected chi connectivity index (χ2v) is 5.55. The number of aromatic nitrogens is 1. The molecular formula is C13H8INS. The molecule has 0 N–H and O–H groups in total. The van der Waals surface area contributed by atoms with Crippen LogP contribution in [0, 0.1) is 3.57 Å². The van der Waals surface area contributed by atoms with Gasteiger partial charge in [0.25, 0.3) is 0 Å². The van der Waals surface area contributed by atoms with Crippen molar-refractivity contribution in [3.8, 4) is 10.4 Å². The number of hydrogen-bond donors (Lipinski definition) is 0. The Morgan fingerprint density at radius 3 is 2.56 bits per heavy atom. The zero-order valence-corrected chi connectivity index (χ0v) is 11.3. The molecule has 3 heteroatoms. The average Bonchev–Trinajstić information content (AvgIpc) is 2.69. The summed E-state index contributed by atoms with van der Waals surface area (Å²) in [6.07, 6.45) is 1.85.